The molecule has 0 spiro atoms. The molecular weight excluding hydrogens is 157 g/mol. The Morgan fingerprint density at radius 1 is 1.50 bits per heavy atom. The van der Waals surface area contributed by atoms with Gasteiger partial charge in [-0.3, -0.25) is 0 Å². The summed E-state index contributed by atoms with van der Waals surface area (Å²) in [7, 11) is 6.60. The van der Waals surface area contributed by atoms with Crippen molar-refractivity contribution in [1.29, 1.82) is 0 Å². The number of hydrogen-bond acceptors (Lipinski definition) is 3. The van der Waals surface area contributed by atoms with Crippen molar-refractivity contribution in [3.05, 3.63) is 23.1 Å². The van der Waals surface area contributed by atoms with E-state index in [0.717, 1.165) is 0 Å². The quantitative estimate of drug-likeness (QED) is 0.500. The molecule has 0 saturated heterocycles. The number of hydrogen-bond donors (Lipinski definition) is 1. The lowest BCUT2D eigenvalue weighted by molar-refractivity contribution is -0.736. The molecule has 12 heavy (non-hydrogen) atoms. The predicted molar refractivity (Wildman–Crippen MR) is 43.8 cm³/mol. The Balaban J connectivity index is 3.08. The van der Waals surface area contributed by atoms with Crippen molar-refractivity contribution in [3.8, 4) is 5.75 Å². The van der Waals surface area contributed by atoms with Crippen molar-refractivity contribution in [2.75, 3.05) is 7.11 Å². The topological polar surface area (TPSA) is 49.5 Å². The summed E-state index contributed by atoms with van der Waals surface area (Å²) >= 11 is 0. The maximum atomic E-state index is 10.8. The lowest BCUT2D eigenvalue weighted by Gasteiger charge is -1.94. The lowest BCUT2D eigenvalue weighted by Crippen LogP contribution is -2.05. The predicted octanol–water partition coefficient (Wildman–Crippen LogP) is 0.158. The second kappa shape index (κ2) is 3.25. The van der Waals surface area contributed by atoms with E-state index in [1.54, 1.807) is 0 Å². The molecule has 0 atom stereocenters. The molecule has 0 saturated carbocycles. The number of nitrogens with zero attached hydrogens (tertiary/aromatic N) is 1. The van der Waals surface area contributed by atoms with Crippen molar-refractivity contribution in [1.82, 2.24) is 0 Å². The van der Waals surface area contributed by atoms with Gasteiger partial charge in [0.15, 0.2) is 7.11 Å². The van der Waals surface area contributed by atoms with Crippen LogP contribution in [0.3, 0.4) is 0 Å². The zero-order valence-electron chi connectivity index (χ0n) is 6.52. The molecule has 0 unspecified atom stereocenters. The van der Waals surface area contributed by atoms with Gasteiger partial charge in [-0.05, 0) is 6.07 Å². The second-order valence-electron chi connectivity index (χ2n) is 2.22. The van der Waals surface area contributed by atoms with Gasteiger partial charge in [0.05, 0.1) is 11.0 Å². The summed E-state index contributed by atoms with van der Waals surface area (Å²) in [5.41, 5.74) is 0.470. The minimum atomic E-state index is -0.0668. The molecule has 0 aliphatic carbocycles. The zero-order valence-corrected chi connectivity index (χ0v) is 6.52. The smallest absolute Gasteiger partial charge is 0.319 e. The molecule has 2 radical (unpaired) electrons. The van der Waals surface area contributed by atoms with Crippen LogP contribution in [0.15, 0.2) is 18.2 Å². The summed E-state index contributed by atoms with van der Waals surface area (Å²) in [6, 6.07) is 4.00. The third-order valence-corrected chi connectivity index (χ3v) is 1.30. The van der Waals surface area contributed by atoms with E-state index >= 15 is 0 Å². The number of phenols is 1. The highest BCUT2D eigenvalue weighted by atomic mass is 16.8. The van der Waals surface area contributed by atoms with Gasteiger partial charge in [-0.25, -0.2) is 4.84 Å². The fraction of sp³-hybridized carbons (Fsp3) is 0.143. The lowest BCUT2D eigenvalue weighted by atomic mass is 9.96. The van der Waals surface area contributed by atoms with Crippen LogP contribution < -0.4 is 5.46 Å². The average Bonchev–Trinajstić information content (AvgIpc) is 2.01. The SMILES string of the molecule is [B]c1cc(O)cc([N+](=O)OC)c1. The highest BCUT2D eigenvalue weighted by Crippen LogP contribution is 2.15. The van der Waals surface area contributed by atoms with Gasteiger partial charge in [0.1, 0.15) is 13.6 Å². The van der Waals surface area contributed by atoms with Crippen LogP contribution >= 0.6 is 0 Å². The maximum absolute atomic E-state index is 10.8. The minimum Gasteiger partial charge on any atom is -0.508 e. The van der Waals surface area contributed by atoms with Crippen molar-refractivity contribution in [2.24, 2.45) is 0 Å². The van der Waals surface area contributed by atoms with Crippen molar-refractivity contribution in [2.45, 2.75) is 0 Å². The van der Waals surface area contributed by atoms with E-state index in [9.17, 15) is 4.91 Å². The van der Waals surface area contributed by atoms with Crippen LogP contribution in [-0.2, 0) is 4.84 Å². The highest BCUT2D eigenvalue weighted by Gasteiger charge is 2.14. The molecule has 0 heterocycles. The Kier molecular flexibility index (Phi) is 2.33. The van der Waals surface area contributed by atoms with Crippen molar-refractivity contribution in [3.63, 3.8) is 0 Å². The maximum Gasteiger partial charge on any atom is 0.319 e. The zero-order chi connectivity index (χ0) is 9.14. The molecule has 5 heteroatoms. The first-order valence-electron chi connectivity index (χ1n) is 3.24. The van der Waals surface area contributed by atoms with E-state index in [-0.39, 0.29) is 16.4 Å². The minimum absolute atomic E-state index is 0.0668. The van der Waals surface area contributed by atoms with Gasteiger partial charge in [-0.2, -0.15) is 0 Å². The van der Waals surface area contributed by atoms with E-state index in [0.29, 0.717) is 5.46 Å². The standard InChI is InChI=1S/C7H6BNO3/c1-12-9(11)6-2-5(8)3-7(10)4-6/h2-4H,1H3/p+1. The normalized spacial score (nSPS) is 9.42. The molecule has 60 valence electrons. The molecule has 1 aromatic rings. The summed E-state index contributed by atoms with van der Waals surface area (Å²) in [5.74, 6) is -0.0668. The molecule has 0 aliphatic rings. The third-order valence-electron chi connectivity index (χ3n) is 1.30. The van der Waals surface area contributed by atoms with Crippen LogP contribution in [-0.4, -0.2) is 25.0 Å². The summed E-state index contributed by atoms with van der Waals surface area (Å²) in [4.78, 5) is 15.5. The number of benzene rings is 1. The van der Waals surface area contributed by atoms with Crippen LogP contribution in [0.1, 0.15) is 0 Å². The Morgan fingerprint density at radius 2 is 2.17 bits per heavy atom. The van der Waals surface area contributed by atoms with Crippen molar-refractivity contribution >= 4 is 19.0 Å². The number of phenolic OH excluding ortho intramolecular Hbond substituents is 1. The monoisotopic (exact) mass is 164 g/mol. The van der Waals surface area contributed by atoms with Crippen LogP contribution in [0, 0.1) is 4.91 Å². The Bertz CT molecular complexity index is 293. The molecule has 4 nitrogen and oxygen atoms in total. The molecule has 0 aromatic heterocycles. The highest BCUT2D eigenvalue weighted by molar-refractivity contribution is 6.32. The van der Waals surface area contributed by atoms with Crippen LogP contribution in [0.2, 0.25) is 0 Å². The molecule has 0 aliphatic heterocycles. The first kappa shape index (κ1) is 8.58. The van der Waals surface area contributed by atoms with Gasteiger partial charge in [0, 0.05) is 6.07 Å². The fourth-order valence-corrected chi connectivity index (χ4v) is 0.829. The van der Waals surface area contributed by atoms with Gasteiger partial charge >= 0.3 is 5.69 Å². The summed E-state index contributed by atoms with van der Waals surface area (Å²) in [6.07, 6.45) is 0. The second-order valence-corrected chi connectivity index (χ2v) is 2.22. The molecule has 0 fully saturated rings. The average molecular weight is 164 g/mol. The van der Waals surface area contributed by atoms with E-state index in [2.05, 4.69) is 4.84 Å². The van der Waals surface area contributed by atoms with E-state index in [1.165, 1.54) is 25.3 Å². The van der Waals surface area contributed by atoms with Gasteiger partial charge in [-0.15, -0.1) is 0 Å². The molecule has 1 aromatic carbocycles. The third kappa shape index (κ3) is 1.75. The van der Waals surface area contributed by atoms with E-state index < -0.39 is 0 Å². The number of rotatable bonds is 2. The van der Waals surface area contributed by atoms with Crippen LogP contribution in [0.5, 0.6) is 5.75 Å². The molecule has 0 bridgehead atoms. The molecule has 1 N–H and O–H groups in total. The fourth-order valence-electron chi connectivity index (χ4n) is 0.829. The largest absolute Gasteiger partial charge is 0.508 e. The number of aromatic hydroxyl groups is 1. The van der Waals surface area contributed by atoms with Crippen molar-refractivity contribution < 1.29 is 14.9 Å². The Labute approximate surface area is 70.7 Å². The van der Waals surface area contributed by atoms with Crippen LogP contribution in [0.4, 0.5) is 5.69 Å². The summed E-state index contributed by atoms with van der Waals surface area (Å²) in [5, 5.41) is 9.04. The summed E-state index contributed by atoms with van der Waals surface area (Å²) < 4.78 is 0. The van der Waals surface area contributed by atoms with E-state index in [1.807, 2.05) is 0 Å². The Morgan fingerprint density at radius 3 is 2.67 bits per heavy atom. The Hall–Kier alpha value is -1.52. The van der Waals surface area contributed by atoms with Gasteiger partial charge in [-0.1, -0.05) is 5.46 Å². The molecule has 1 rings (SSSR count). The van der Waals surface area contributed by atoms with Crippen LogP contribution in [0.25, 0.3) is 0 Å². The summed E-state index contributed by atoms with van der Waals surface area (Å²) in [6.45, 7) is 0. The van der Waals surface area contributed by atoms with Gasteiger partial charge in [0.25, 0.3) is 4.92 Å². The first-order chi connectivity index (χ1) is 5.63. The van der Waals surface area contributed by atoms with Gasteiger partial charge in [0.2, 0.25) is 0 Å². The first-order valence-corrected chi connectivity index (χ1v) is 3.24. The molecular formula is C7H7BNO3+. The van der Waals surface area contributed by atoms with E-state index in [4.69, 9.17) is 13.0 Å². The van der Waals surface area contributed by atoms with Gasteiger partial charge < -0.3 is 5.11 Å². The molecule has 0 amide bonds.